The minimum absolute atomic E-state index is 0. The number of carbonyl (C=O) groups is 1. The van der Waals surface area contributed by atoms with E-state index in [-0.39, 0.29) is 30.3 Å². The zero-order valence-corrected chi connectivity index (χ0v) is 13.6. The lowest BCUT2D eigenvalue weighted by atomic mass is 10.1. The average Bonchev–Trinajstić information content (AvgIpc) is 2.80. The normalized spacial score (nSPS) is 21.4. The number of hydrogen-bond acceptors (Lipinski definition) is 2. The molecule has 1 fully saturated rings. The maximum atomic E-state index is 12.3. The van der Waals surface area contributed by atoms with E-state index in [1.165, 1.54) is 0 Å². The SMILES string of the molecule is CN(Cc1cccc(Cl)c1Cl)C(=O)C1CCC(N)C1.Cl. The maximum Gasteiger partial charge on any atom is 0.225 e. The number of rotatable bonds is 3. The Morgan fingerprint density at radius 3 is 2.70 bits per heavy atom. The third kappa shape index (κ3) is 4.01. The van der Waals surface area contributed by atoms with E-state index in [4.69, 9.17) is 28.9 Å². The Balaban J connectivity index is 0.00000200. The van der Waals surface area contributed by atoms with Crippen LogP contribution in [0, 0.1) is 5.92 Å². The topological polar surface area (TPSA) is 46.3 Å². The summed E-state index contributed by atoms with van der Waals surface area (Å²) in [6.45, 7) is 0.476. The van der Waals surface area contributed by atoms with E-state index in [9.17, 15) is 4.79 Å². The Morgan fingerprint density at radius 1 is 1.40 bits per heavy atom. The molecule has 1 aromatic carbocycles. The molecule has 0 aromatic heterocycles. The molecule has 2 unspecified atom stereocenters. The molecule has 2 atom stereocenters. The van der Waals surface area contributed by atoms with Gasteiger partial charge in [0.25, 0.3) is 0 Å². The van der Waals surface area contributed by atoms with Crippen molar-refractivity contribution < 1.29 is 4.79 Å². The fraction of sp³-hybridized carbons (Fsp3) is 0.500. The number of benzene rings is 1. The van der Waals surface area contributed by atoms with Crippen molar-refractivity contribution in [3.8, 4) is 0 Å². The molecule has 0 bridgehead atoms. The van der Waals surface area contributed by atoms with Gasteiger partial charge in [0.05, 0.1) is 10.0 Å². The van der Waals surface area contributed by atoms with Gasteiger partial charge in [-0.05, 0) is 30.9 Å². The Bertz CT molecular complexity index is 481. The Labute approximate surface area is 135 Å². The molecule has 0 spiro atoms. The fourth-order valence-electron chi connectivity index (χ4n) is 2.56. The summed E-state index contributed by atoms with van der Waals surface area (Å²) >= 11 is 12.1. The van der Waals surface area contributed by atoms with E-state index < -0.39 is 0 Å². The molecule has 0 aliphatic heterocycles. The summed E-state index contributed by atoms with van der Waals surface area (Å²) in [5.74, 6) is 0.196. The number of amides is 1. The van der Waals surface area contributed by atoms with Crippen molar-refractivity contribution in [3.63, 3.8) is 0 Å². The monoisotopic (exact) mass is 336 g/mol. The molecule has 2 N–H and O–H groups in total. The quantitative estimate of drug-likeness (QED) is 0.917. The average molecular weight is 338 g/mol. The van der Waals surface area contributed by atoms with Gasteiger partial charge < -0.3 is 10.6 Å². The molecular weight excluding hydrogens is 319 g/mol. The van der Waals surface area contributed by atoms with Gasteiger partial charge in [-0.25, -0.2) is 0 Å². The number of nitrogens with two attached hydrogens (primary N) is 1. The van der Waals surface area contributed by atoms with Crippen molar-refractivity contribution in [1.82, 2.24) is 4.90 Å². The van der Waals surface area contributed by atoms with E-state index in [0.29, 0.717) is 16.6 Å². The van der Waals surface area contributed by atoms with Crippen LogP contribution < -0.4 is 5.73 Å². The molecule has 6 heteroatoms. The summed E-state index contributed by atoms with van der Waals surface area (Å²) in [5, 5.41) is 1.04. The van der Waals surface area contributed by atoms with E-state index in [2.05, 4.69) is 0 Å². The van der Waals surface area contributed by atoms with Crippen LogP contribution in [0.4, 0.5) is 0 Å². The van der Waals surface area contributed by atoms with Crippen LogP contribution in [0.1, 0.15) is 24.8 Å². The summed E-state index contributed by atoms with van der Waals surface area (Å²) in [5.41, 5.74) is 6.72. The molecule has 1 aliphatic rings. The maximum absolute atomic E-state index is 12.3. The number of halogens is 3. The molecule has 2 rings (SSSR count). The highest BCUT2D eigenvalue weighted by molar-refractivity contribution is 6.42. The molecule has 112 valence electrons. The lowest BCUT2D eigenvalue weighted by Gasteiger charge is -2.21. The number of hydrogen-bond donors (Lipinski definition) is 1. The zero-order chi connectivity index (χ0) is 14.0. The smallest absolute Gasteiger partial charge is 0.225 e. The third-order valence-corrected chi connectivity index (χ3v) is 4.50. The molecule has 3 nitrogen and oxygen atoms in total. The van der Waals surface area contributed by atoms with Gasteiger partial charge in [0, 0.05) is 25.6 Å². The highest BCUT2D eigenvalue weighted by atomic mass is 35.5. The molecule has 0 radical (unpaired) electrons. The van der Waals surface area contributed by atoms with Gasteiger partial charge in [-0.2, -0.15) is 0 Å². The van der Waals surface area contributed by atoms with Gasteiger partial charge in [0.1, 0.15) is 0 Å². The van der Waals surface area contributed by atoms with Gasteiger partial charge in [0.15, 0.2) is 0 Å². The third-order valence-electron chi connectivity index (χ3n) is 3.64. The minimum Gasteiger partial charge on any atom is -0.341 e. The van der Waals surface area contributed by atoms with Crippen molar-refractivity contribution in [2.75, 3.05) is 7.05 Å². The summed E-state index contributed by atoms with van der Waals surface area (Å²) in [7, 11) is 1.80. The van der Waals surface area contributed by atoms with Gasteiger partial charge in [-0.3, -0.25) is 4.79 Å². The van der Waals surface area contributed by atoms with Crippen LogP contribution in [0.5, 0.6) is 0 Å². The molecule has 1 amide bonds. The molecule has 1 saturated carbocycles. The summed E-state index contributed by atoms with van der Waals surface area (Å²) < 4.78 is 0. The standard InChI is InChI=1S/C14H18Cl2N2O.ClH/c1-18(14(19)9-5-6-11(17)7-9)8-10-3-2-4-12(15)13(10)16;/h2-4,9,11H,5-8,17H2,1H3;1H. The second-order valence-corrected chi connectivity index (χ2v) is 5.96. The van der Waals surface area contributed by atoms with Gasteiger partial charge in [-0.15, -0.1) is 12.4 Å². The van der Waals surface area contributed by atoms with Crippen molar-refractivity contribution >= 4 is 41.5 Å². The Kier molecular flexibility index (Phi) is 6.59. The second kappa shape index (κ2) is 7.51. The van der Waals surface area contributed by atoms with E-state index in [1.807, 2.05) is 12.1 Å². The van der Waals surface area contributed by atoms with Crippen LogP contribution in [0.15, 0.2) is 18.2 Å². The van der Waals surface area contributed by atoms with E-state index >= 15 is 0 Å². The van der Waals surface area contributed by atoms with Gasteiger partial charge >= 0.3 is 0 Å². The first kappa shape index (κ1) is 17.6. The molecule has 0 saturated heterocycles. The first-order chi connectivity index (χ1) is 8.99. The molecule has 1 aromatic rings. The lowest BCUT2D eigenvalue weighted by molar-refractivity contribution is -0.134. The zero-order valence-electron chi connectivity index (χ0n) is 11.3. The number of carbonyl (C=O) groups excluding carboxylic acids is 1. The predicted octanol–water partition coefficient (Wildman–Crippen LogP) is 3.50. The summed E-state index contributed by atoms with van der Waals surface area (Å²) in [6.07, 6.45) is 2.60. The second-order valence-electron chi connectivity index (χ2n) is 5.18. The largest absolute Gasteiger partial charge is 0.341 e. The van der Waals surface area contributed by atoms with E-state index in [1.54, 1.807) is 18.0 Å². The Hall–Kier alpha value is -0.480. The van der Waals surface area contributed by atoms with Crippen molar-refractivity contribution in [1.29, 1.82) is 0 Å². The molecule has 0 heterocycles. The van der Waals surface area contributed by atoms with Gasteiger partial charge in [-0.1, -0.05) is 35.3 Å². The highest BCUT2D eigenvalue weighted by Crippen LogP contribution is 2.29. The van der Waals surface area contributed by atoms with Crippen LogP contribution >= 0.6 is 35.6 Å². The van der Waals surface area contributed by atoms with Gasteiger partial charge in [0.2, 0.25) is 5.91 Å². The summed E-state index contributed by atoms with van der Waals surface area (Å²) in [6, 6.07) is 5.63. The highest BCUT2D eigenvalue weighted by Gasteiger charge is 2.29. The molecule has 20 heavy (non-hydrogen) atoms. The van der Waals surface area contributed by atoms with Crippen LogP contribution in [0.25, 0.3) is 0 Å². The molecular formula is C14H19Cl3N2O. The molecule has 1 aliphatic carbocycles. The van der Waals surface area contributed by atoms with Crippen molar-refractivity contribution in [3.05, 3.63) is 33.8 Å². The van der Waals surface area contributed by atoms with Crippen LogP contribution in [-0.4, -0.2) is 23.9 Å². The first-order valence-corrected chi connectivity index (χ1v) is 7.18. The summed E-state index contributed by atoms with van der Waals surface area (Å²) in [4.78, 5) is 14.0. The Morgan fingerprint density at radius 2 is 2.10 bits per heavy atom. The fourth-order valence-corrected chi connectivity index (χ4v) is 2.94. The minimum atomic E-state index is 0. The van der Waals surface area contributed by atoms with Crippen molar-refractivity contribution in [2.45, 2.75) is 31.8 Å². The van der Waals surface area contributed by atoms with E-state index in [0.717, 1.165) is 24.8 Å². The lowest BCUT2D eigenvalue weighted by Crippen LogP contribution is -2.32. The number of nitrogens with zero attached hydrogens (tertiary/aromatic N) is 1. The van der Waals surface area contributed by atoms with Crippen molar-refractivity contribution in [2.24, 2.45) is 11.7 Å². The van der Waals surface area contributed by atoms with Crippen LogP contribution in [0.3, 0.4) is 0 Å². The first-order valence-electron chi connectivity index (χ1n) is 6.42. The predicted molar refractivity (Wildman–Crippen MR) is 85.5 cm³/mol. The van der Waals surface area contributed by atoms with Crippen LogP contribution in [-0.2, 0) is 11.3 Å². The van der Waals surface area contributed by atoms with Crippen LogP contribution in [0.2, 0.25) is 10.0 Å².